The summed E-state index contributed by atoms with van der Waals surface area (Å²) in [6.07, 6.45) is 3.77. The zero-order valence-electron chi connectivity index (χ0n) is 19.3. The van der Waals surface area contributed by atoms with Crippen molar-refractivity contribution in [1.29, 1.82) is 0 Å². The van der Waals surface area contributed by atoms with Gasteiger partial charge in [-0.1, -0.05) is 18.2 Å². The van der Waals surface area contributed by atoms with Gasteiger partial charge in [0.25, 0.3) is 11.8 Å². The Bertz CT molecular complexity index is 1250. The van der Waals surface area contributed by atoms with Gasteiger partial charge in [0.1, 0.15) is 17.1 Å². The third kappa shape index (κ3) is 4.58. The van der Waals surface area contributed by atoms with Gasteiger partial charge in [-0.05, 0) is 55.3 Å². The number of nitrogens with zero attached hydrogens (tertiary/aromatic N) is 3. The molecule has 2 aliphatic rings. The number of halogens is 1. The zero-order valence-corrected chi connectivity index (χ0v) is 20.1. The molecular formula is C25H26FN5O3S. The fourth-order valence-corrected chi connectivity index (χ4v) is 5.24. The molecule has 3 aromatic rings. The van der Waals surface area contributed by atoms with Gasteiger partial charge in [-0.25, -0.2) is 9.37 Å². The van der Waals surface area contributed by atoms with Crippen LogP contribution >= 0.6 is 11.3 Å². The molecule has 0 radical (unpaired) electrons. The summed E-state index contributed by atoms with van der Waals surface area (Å²) < 4.78 is 14.8. The predicted molar refractivity (Wildman–Crippen MR) is 128 cm³/mol. The van der Waals surface area contributed by atoms with Crippen molar-refractivity contribution < 1.29 is 18.8 Å². The van der Waals surface area contributed by atoms with Crippen molar-refractivity contribution in [2.24, 2.45) is 0 Å². The number of nitrogens with one attached hydrogen (secondary N) is 2. The van der Waals surface area contributed by atoms with E-state index < -0.39 is 11.4 Å². The summed E-state index contributed by atoms with van der Waals surface area (Å²) in [6, 6.07) is 9.82. The molecule has 3 heterocycles. The molecule has 8 nitrogen and oxygen atoms in total. The second-order valence-corrected chi connectivity index (χ2v) is 10.2. The van der Waals surface area contributed by atoms with E-state index in [4.69, 9.17) is 0 Å². The van der Waals surface area contributed by atoms with E-state index in [2.05, 4.69) is 15.6 Å². The standard InChI is InChI=1S/C25H26FN5O3S/c1-25(24(34)28-13-16-4-6-17(26)7-5-16)14-30-15-29-20(21(30)23(33)31(25)18-8-9-18)22(32)27-11-10-19-3-2-12-35-19/h2-7,12,15,18H,8-11,13-14H2,1H3,(H,27,32)(H,28,34). The highest BCUT2D eigenvalue weighted by Crippen LogP contribution is 2.38. The van der Waals surface area contributed by atoms with Gasteiger partial charge >= 0.3 is 0 Å². The Morgan fingerprint density at radius 1 is 1.20 bits per heavy atom. The molecule has 1 atom stereocenters. The zero-order chi connectivity index (χ0) is 24.6. The number of aromatic nitrogens is 2. The van der Waals surface area contributed by atoms with E-state index in [1.807, 2.05) is 17.5 Å². The van der Waals surface area contributed by atoms with E-state index in [-0.39, 0.29) is 48.2 Å². The molecule has 0 bridgehead atoms. The summed E-state index contributed by atoms with van der Waals surface area (Å²) >= 11 is 1.62. The lowest BCUT2D eigenvalue weighted by molar-refractivity contribution is -0.133. The average Bonchev–Trinajstić information content (AvgIpc) is 3.35. The van der Waals surface area contributed by atoms with E-state index in [9.17, 15) is 18.8 Å². The van der Waals surface area contributed by atoms with E-state index in [1.54, 1.807) is 39.9 Å². The van der Waals surface area contributed by atoms with Crippen LogP contribution in [0.5, 0.6) is 0 Å². The second-order valence-electron chi connectivity index (χ2n) is 9.14. The Hall–Kier alpha value is -3.53. The highest BCUT2D eigenvalue weighted by atomic mass is 32.1. The van der Waals surface area contributed by atoms with E-state index in [0.29, 0.717) is 13.0 Å². The van der Waals surface area contributed by atoms with Crippen LogP contribution in [0.2, 0.25) is 0 Å². The van der Waals surface area contributed by atoms with Crippen molar-refractivity contribution in [3.05, 3.63) is 75.8 Å². The van der Waals surface area contributed by atoms with Gasteiger partial charge in [0.15, 0.2) is 5.69 Å². The Kier molecular flexibility index (Phi) is 6.14. The summed E-state index contributed by atoms with van der Waals surface area (Å²) in [6.45, 7) is 2.59. The first-order valence-corrected chi connectivity index (χ1v) is 12.5. The Balaban J connectivity index is 1.33. The molecule has 182 valence electrons. The van der Waals surface area contributed by atoms with Gasteiger partial charge in [-0.15, -0.1) is 11.3 Å². The molecule has 1 aliphatic carbocycles. The lowest BCUT2D eigenvalue weighted by atomic mass is 9.93. The van der Waals surface area contributed by atoms with Crippen LogP contribution in [0.15, 0.2) is 48.1 Å². The molecule has 1 aliphatic heterocycles. The maximum atomic E-state index is 13.6. The van der Waals surface area contributed by atoms with Crippen molar-refractivity contribution in [2.45, 2.75) is 50.9 Å². The summed E-state index contributed by atoms with van der Waals surface area (Å²) in [7, 11) is 0. The van der Waals surface area contributed by atoms with Crippen LogP contribution in [0, 0.1) is 5.82 Å². The lowest BCUT2D eigenvalue weighted by Crippen LogP contribution is -2.64. The molecule has 35 heavy (non-hydrogen) atoms. The molecule has 10 heteroatoms. The minimum Gasteiger partial charge on any atom is -0.350 e. The monoisotopic (exact) mass is 495 g/mol. The molecule has 3 amide bonds. The molecule has 0 spiro atoms. The molecule has 1 aromatic carbocycles. The number of carbonyl (C=O) groups is 3. The van der Waals surface area contributed by atoms with Gasteiger partial charge < -0.3 is 20.1 Å². The van der Waals surface area contributed by atoms with Crippen LogP contribution in [0.1, 0.15) is 51.2 Å². The van der Waals surface area contributed by atoms with Gasteiger partial charge in [0.2, 0.25) is 5.91 Å². The number of fused-ring (bicyclic) bond motifs is 1. The molecule has 2 N–H and O–H groups in total. The molecule has 5 rings (SSSR count). The van der Waals surface area contributed by atoms with Gasteiger partial charge in [0.05, 0.1) is 12.9 Å². The van der Waals surface area contributed by atoms with Crippen LogP contribution in [-0.4, -0.2) is 50.3 Å². The van der Waals surface area contributed by atoms with Gasteiger partial charge in [-0.3, -0.25) is 14.4 Å². The van der Waals surface area contributed by atoms with E-state index >= 15 is 0 Å². The number of imidazole rings is 1. The first-order valence-electron chi connectivity index (χ1n) is 11.6. The molecule has 2 aromatic heterocycles. The lowest BCUT2D eigenvalue weighted by Gasteiger charge is -2.44. The van der Waals surface area contributed by atoms with Gasteiger partial charge in [0, 0.05) is 24.0 Å². The third-order valence-corrected chi connectivity index (χ3v) is 7.42. The number of amides is 3. The molecule has 1 fully saturated rings. The number of hydrogen-bond acceptors (Lipinski definition) is 5. The molecule has 1 saturated carbocycles. The number of thiophene rings is 1. The van der Waals surface area contributed by atoms with Crippen LogP contribution < -0.4 is 10.6 Å². The SMILES string of the molecule is CC1(C(=O)NCc2ccc(F)cc2)Cn2cnc(C(=O)NCCc3cccs3)c2C(=O)N1C1CC1. The van der Waals surface area contributed by atoms with Crippen molar-refractivity contribution in [2.75, 3.05) is 6.54 Å². The van der Waals surface area contributed by atoms with Crippen LogP contribution in [0.4, 0.5) is 4.39 Å². The topological polar surface area (TPSA) is 96.3 Å². The Labute approximate surface area is 206 Å². The molecular weight excluding hydrogens is 469 g/mol. The van der Waals surface area contributed by atoms with Crippen LogP contribution in [-0.2, 0) is 24.3 Å². The predicted octanol–water partition coefficient (Wildman–Crippen LogP) is 2.75. The van der Waals surface area contributed by atoms with Crippen LogP contribution in [0.3, 0.4) is 0 Å². The first-order chi connectivity index (χ1) is 16.9. The van der Waals surface area contributed by atoms with Crippen molar-refractivity contribution in [3.8, 4) is 0 Å². The van der Waals surface area contributed by atoms with E-state index in [1.165, 1.54) is 18.5 Å². The van der Waals surface area contributed by atoms with Crippen molar-refractivity contribution in [3.63, 3.8) is 0 Å². The maximum absolute atomic E-state index is 13.6. The maximum Gasteiger partial charge on any atom is 0.274 e. The first kappa shape index (κ1) is 23.2. The Morgan fingerprint density at radius 3 is 2.66 bits per heavy atom. The highest BCUT2D eigenvalue weighted by Gasteiger charge is 2.53. The molecule has 1 unspecified atom stereocenters. The number of benzene rings is 1. The third-order valence-electron chi connectivity index (χ3n) is 6.49. The number of hydrogen-bond donors (Lipinski definition) is 2. The average molecular weight is 496 g/mol. The number of carbonyl (C=O) groups excluding carboxylic acids is 3. The quantitative estimate of drug-likeness (QED) is 0.502. The fourth-order valence-electron chi connectivity index (χ4n) is 4.53. The minimum atomic E-state index is -1.14. The highest BCUT2D eigenvalue weighted by molar-refractivity contribution is 7.09. The summed E-state index contributed by atoms with van der Waals surface area (Å²) in [5.41, 5.74) is -0.0814. The van der Waals surface area contributed by atoms with Gasteiger partial charge in [-0.2, -0.15) is 0 Å². The second kappa shape index (κ2) is 9.26. The summed E-state index contributed by atoms with van der Waals surface area (Å²) in [5.74, 6) is -1.41. The van der Waals surface area contributed by atoms with Crippen LogP contribution in [0.25, 0.3) is 0 Å². The van der Waals surface area contributed by atoms with Crippen molar-refractivity contribution >= 4 is 29.1 Å². The summed E-state index contributed by atoms with van der Waals surface area (Å²) in [5, 5.41) is 7.74. The molecule has 0 saturated heterocycles. The van der Waals surface area contributed by atoms with E-state index in [0.717, 1.165) is 23.3 Å². The minimum absolute atomic E-state index is 0.0533. The van der Waals surface area contributed by atoms with Crippen molar-refractivity contribution in [1.82, 2.24) is 25.1 Å². The fraction of sp³-hybridized carbons (Fsp3) is 0.360. The normalized spacial score (nSPS) is 19.4. The smallest absolute Gasteiger partial charge is 0.274 e. The largest absolute Gasteiger partial charge is 0.350 e. The number of rotatable bonds is 8. The summed E-state index contributed by atoms with van der Waals surface area (Å²) in [4.78, 5) is 46.9. The Morgan fingerprint density at radius 2 is 1.97 bits per heavy atom.